The van der Waals surface area contributed by atoms with Crippen molar-refractivity contribution in [2.45, 2.75) is 25.0 Å². The average Bonchev–Trinajstić information content (AvgIpc) is 2.80. The molecule has 0 amide bonds. The molecule has 1 aliphatic carbocycles. The second kappa shape index (κ2) is 5.67. The molecule has 1 aliphatic heterocycles. The minimum Gasteiger partial charge on any atom is -1.00 e. The summed E-state index contributed by atoms with van der Waals surface area (Å²) < 4.78 is 13.5. The third kappa shape index (κ3) is 2.75. The van der Waals surface area contributed by atoms with Gasteiger partial charge >= 0.3 is 0 Å². The first-order valence-electron chi connectivity index (χ1n) is 6.20. The van der Waals surface area contributed by atoms with Crippen LogP contribution in [0.15, 0.2) is 30.6 Å². The lowest BCUT2D eigenvalue weighted by Gasteiger charge is -2.30. The Hall–Kier alpha value is -0.460. The van der Waals surface area contributed by atoms with E-state index in [0.29, 0.717) is 0 Å². The summed E-state index contributed by atoms with van der Waals surface area (Å²) in [6.07, 6.45) is 9.33. The Kier molecular flexibility index (Phi) is 4.40. The van der Waals surface area contributed by atoms with Gasteiger partial charge in [0, 0.05) is 25.0 Å². The lowest BCUT2D eigenvalue weighted by atomic mass is 9.90. The molecule has 1 saturated heterocycles. The summed E-state index contributed by atoms with van der Waals surface area (Å²) >= 11 is 0. The Morgan fingerprint density at radius 3 is 2.39 bits per heavy atom. The van der Waals surface area contributed by atoms with Gasteiger partial charge in [-0.05, 0) is 17.6 Å². The quantitative estimate of drug-likeness (QED) is 0.466. The minimum absolute atomic E-state index is 0. The molecule has 1 spiro atoms. The first-order chi connectivity index (χ1) is 8.27. The summed E-state index contributed by atoms with van der Waals surface area (Å²) in [6, 6.07) is 4.33. The Bertz CT molecular complexity index is 436. The van der Waals surface area contributed by atoms with Crippen LogP contribution in [-0.2, 0) is 16.5 Å². The Balaban J connectivity index is 0.00000120. The second-order valence-corrected chi connectivity index (χ2v) is 4.79. The molecule has 1 aromatic heterocycles. The first kappa shape index (κ1) is 14.0. The molecule has 1 fully saturated rings. The van der Waals surface area contributed by atoms with E-state index in [4.69, 9.17) is 9.47 Å². The molecule has 0 radical (unpaired) electrons. The molecule has 0 atom stereocenters. The number of pyridine rings is 1. The number of aromatic nitrogens is 1. The molecule has 4 heteroatoms. The molecule has 3 rings (SSSR count). The molecule has 0 unspecified atom stereocenters. The number of hydrogen-bond acceptors (Lipinski definition) is 2. The Morgan fingerprint density at radius 2 is 1.83 bits per heavy atom. The second-order valence-electron chi connectivity index (χ2n) is 4.79. The molecular formula is C14H18INO2. The normalized spacial score (nSPS) is 21.5. The molecule has 0 saturated carbocycles. The number of nitrogens with zero attached hydrogens (tertiary/aromatic N) is 1. The molecule has 3 nitrogen and oxygen atoms in total. The van der Waals surface area contributed by atoms with Crippen molar-refractivity contribution in [2.75, 3.05) is 13.2 Å². The van der Waals surface area contributed by atoms with Crippen LogP contribution in [0, 0.1) is 0 Å². The third-order valence-electron chi connectivity index (χ3n) is 3.60. The zero-order chi connectivity index (χ0) is 11.7. The van der Waals surface area contributed by atoms with Crippen molar-refractivity contribution < 1.29 is 38.0 Å². The van der Waals surface area contributed by atoms with Gasteiger partial charge in [0.05, 0.1) is 13.2 Å². The molecule has 2 heterocycles. The summed E-state index contributed by atoms with van der Waals surface area (Å²) in [5.74, 6) is -0.303. The van der Waals surface area contributed by atoms with Crippen molar-refractivity contribution >= 4 is 5.57 Å². The zero-order valence-electron chi connectivity index (χ0n) is 10.6. The number of allylic oxidation sites excluding steroid dienone is 1. The number of halogens is 1. The third-order valence-corrected chi connectivity index (χ3v) is 3.60. The van der Waals surface area contributed by atoms with Crippen LogP contribution in [0.4, 0.5) is 0 Å². The van der Waals surface area contributed by atoms with Crippen LogP contribution >= 0.6 is 0 Å². The molecule has 0 aromatic carbocycles. The molecule has 0 N–H and O–H groups in total. The van der Waals surface area contributed by atoms with E-state index in [1.54, 1.807) is 0 Å². The number of hydrogen-bond donors (Lipinski definition) is 0. The van der Waals surface area contributed by atoms with E-state index in [9.17, 15) is 0 Å². The van der Waals surface area contributed by atoms with Gasteiger partial charge in [-0.25, -0.2) is 4.57 Å². The molecule has 1 aromatic rings. The van der Waals surface area contributed by atoms with Gasteiger partial charge in [-0.3, -0.25) is 0 Å². The number of rotatable bonds is 1. The lowest BCUT2D eigenvalue weighted by molar-refractivity contribution is -0.671. The summed E-state index contributed by atoms with van der Waals surface area (Å²) in [4.78, 5) is 0. The Morgan fingerprint density at radius 1 is 1.17 bits per heavy atom. The maximum Gasteiger partial charge on any atom is 0.172 e. The fourth-order valence-electron chi connectivity index (χ4n) is 2.54. The standard InChI is InChI=1S/C14H18NO2.HI/c1-15-8-4-13(5-9-15)12-2-6-14(7-3-12)16-10-11-17-14;/h2,4-5,8-9H,3,6-7,10-11H2,1H3;1H/q+1;/p-1. The fourth-order valence-corrected chi connectivity index (χ4v) is 2.54. The SMILES string of the molecule is C[n+]1ccc(C2=CCC3(CC2)OCCO3)cc1.[I-]. The molecule has 0 bridgehead atoms. The predicted molar refractivity (Wildman–Crippen MR) is 64.1 cm³/mol. The van der Waals surface area contributed by atoms with Crippen molar-refractivity contribution in [3.63, 3.8) is 0 Å². The summed E-state index contributed by atoms with van der Waals surface area (Å²) in [5.41, 5.74) is 2.73. The van der Waals surface area contributed by atoms with Gasteiger partial charge in [0.15, 0.2) is 18.2 Å². The van der Waals surface area contributed by atoms with Gasteiger partial charge in [-0.1, -0.05) is 6.08 Å². The molecule has 18 heavy (non-hydrogen) atoms. The highest BCUT2D eigenvalue weighted by molar-refractivity contribution is 5.65. The largest absolute Gasteiger partial charge is 1.00 e. The van der Waals surface area contributed by atoms with E-state index in [2.05, 4.69) is 35.2 Å². The van der Waals surface area contributed by atoms with Gasteiger partial charge in [0.2, 0.25) is 0 Å². The Labute approximate surface area is 125 Å². The van der Waals surface area contributed by atoms with Crippen LogP contribution in [0.25, 0.3) is 5.57 Å². The summed E-state index contributed by atoms with van der Waals surface area (Å²) in [6.45, 7) is 1.48. The van der Waals surface area contributed by atoms with E-state index in [1.807, 2.05) is 7.05 Å². The van der Waals surface area contributed by atoms with Crippen molar-refractivity contribution in [3.8, 4) is 0 Å². The van der Waals surface area contributed by atoms with Crippen molar-refractivity contribution in [1.29, 1.82) is 0 Å². The highest BCUT2D eigenvalue weighted by Crippen LogP contribution is 2.37. The molecule has 2 aliphatic rings. The van der Waals surface area contributed by atoms with Gasteiger partial charge in [-0.15, -0.1) is 0 Å². The average molecular weight is 359 g/mol. The van der Waals surface area contributed by atoms with E-state index in [1.165, 1.54) is 11.1 Å². The highest BCUT2D eigenvalue weighted by Gasteiger charge is 2.37. The zero-order valence-corrected chi connectivity index (χ0v) is 12.7. The van der Waals surface area contributed by atoms with E-state index >= 15 is 0 Å². The first-order valence-corrected chi connectivity index (χ1v) is 6.20. The van der Waals surface area contributed by atoms with E-state index in [0.717, 1.165) is 32.5 Å². The molecule has 98 valence electrons. The summed E-state index contributed by atoms with van der Waals surface area (Å²) in [5, 5.41) is 0. The van der Waals surface area contributed by atoms with Gasteiger partial charge in [0.25, 0.3) is 0 Å². The smallest absolute Gasteiger partial charge is 0.172 e. The maximum absolute atomic E-state index is 5.71. The number of ether oxygens (including phenoxy) is 2. The van der Waals surface area contributed by atoms with Gasteiger partial charge in [-0.2, -0.15) is 0 Å². The van der Waals surface area contributed by atoms with Crippen molar-refractivity contribution in [1.82, 2.24) is 0 Å². The van der Waals surface area contributed by atoms with Crippen molar-refractivity contribution in [3.05, 3.63) is 36.2 Å². The topological polar surface area (TPSA) is 22.3 Å². The molecular weight excluding hydrogens is 341 g/mol. The van der Waals surface area contributed by atoms with E-state index < -0.39 is 0 Å². The predicted octanol–water partition coefficient (Wildman–Crippen LogP) is -1.17. The van der Waals surface area contributed by atoms with Crippen molar-refractivity contribution in [2.24, 2.45) is 7.05 Å². The summed E-state index contributed by atoms with van der Waals surface area (Å²) in [7, 11) is 2.04. The monoisotopic (exact) mass is 359 g/mol. The van der Waals surface area contributed by atoms with Crippen LogP contribution in [0.1, 0.15) is 24.8 Å². The fraction of sp³-hybridized carbons (Fsp3) is 0.500. The lowest BCUT2D eigenvalue weighted by Crippen LogP contribution is -3.00. The van der Waals surface area contributed by atoms with Crippen LogP contribution in [0.3, 0.4) is 0 Å². The van der Waals surface area contributed by atoms with Crippen LogP contribution in [0.5, 0.6) is 0 Å². The van der Waals surface area contributed by atoms with Gasteiger partial charge < -0.3 is 33.5 Å². The van der Waals surface area contributed by atoms with Crippen LogP contribution in [-0.4, -0.2) is 19.0 Å². The number of aryl methyl sites for hydroxylation is 1. The van der Waals surface area contributed by atoms with E-state index in [-0.39, 0.29) is 29.8 Å². The van der Waals surface area contributed by atoms with Crippen LogP contribution < -0.4 is 28.5 Å². The van der Waals surface area contributed by atoms with Gasteiger partial charge in [0.1, 0.15) is 7.05 Å². The highest BCUT2D eigenvalue weighted by atomic mass is 127. The van der Waals surface area contributed by atoms with Crippen LogP contribution in [0.2, 0.25) is 0 Å². The maximum atomic E-state index is 5.71. The minimum atomic E-state index is -0.303.